The summed E-state index contributed by atoms with van der Waals surface area (Å²) in [6, 6.07) is 8.84. The highest BCUT2D eigenvalue weighted by Gasteiger charge is 2.22. The lowest BCUT2D eigenvalue weighted by Gasteiger charge is -2.20. The van der Waals surface area contributed by atoms with Gasteiger partial charge in [0.25, 0.3) is 0 Å². The second-order valence-electron chi connectivity index (χ2n) is 11.1. The number of imidazole rings is 1. The van der Waals surface area contributed by atoms with Crippen LogP contribution in [0.15, 0.2) is 61.3 Å². The van der Waals surface area contributed by atoms with Gasteiger partial charge in [-0.25, -0.2) is 14.4 Å². The van der Waals surface area contributed by atoms with Crippen molar-refractivity contribution in [3.8, 4) is 33.8 Å². The average molecular weight is 650 g/mol. The number of aromatic nitrogens is 7. The van der Waals surface area contributed by atoms with Gasteiger partial charge in [0.05, 0.1) is 34.5 Å². The van der Waals surface area contributed by atoms with Gasteiger partial charge in [0.2, 0.25) is 5.91 Å². The summed E-state index contributed by atoms with van der Waals surface area (Å²) < 4.78 is 14.5. The molecular formula is C35H36FN9O3. The van der Waals surface area contributed by atoms with E-state index in [1.807, 2.05) is 39.1 Å². The number of amides is 1. The van der Waals surface area contributed by atoms with Gasteiger partial charge >= 0.3 is 6.15 Å². The van der Waals surface area contributed by atoms with Crippen molar-refractivity contribution in [1.29, 1.82) is 0 Å². The fraction of sp³-hybridized carbons (Fsp3) is 0.286. The third kappa shape index (κ3) is 7.49. The summed E-state index contributed by atoms with van der Waals surface area (Å²) in [7, 11) is 1.82. The first kappa shape index (κ1) is 33.7. The van der Waals surface area contributed by atoms with E-state index in [9.17, 15) is 9.18 Å². The number of aromatic amines is 2. The van der Waals surface area contributed by atoms with Crippen LogP contribution in [0.4, 0.5) is 10.1 Å². The van der Waals surface area contributed by atoms with Gasteiger partial charge in [0.1, 0.15) is 11.5 Å². The first-order valence-corrected chi connectivity index (χ1v) is 15.9. The third-order valence-corrected chi connectivity index (χ3v) is 8.01. The zero-order valence-electron chi connectivity index (χ0n) is 26.9. The highest BCUT2D eigenvalue weighted by molar-refractivity contribution is 5.97. The molecule has 6 aromatic rings. The highest BCUT2D eigenvalue weighted by atomic mass is 19.1. The monoisotopic (exact) mass is 649 g/mol. The lowest BCUT2D eigenvalue weighted by atomic mass is 9.88. The second kappa shape index (κ2) is 15.8. The molecule has 1 fully saturated rings. The normalized spacial score (nSPS) is 12.8. The Kier molecular flexibility index (Phi) is 11.1. The fourth-order valence-electron chi connectivity index (χ4n) is 5.89. The van der Waals surface area contributed by atoms with Gasteiger partial charge < -0.3 is 15.6 Å². The minimum Gasteiger partial charge on any atom is -0.335 e. The maximum Gasteiger partial charge on any atom is 0.373 e. The highest BCUT2D eigenvalue weighted by Crippen LogP contribution is 2.33. The molecule has 0 atom stereocenters. The molecule has 12 nitrogen and oxygen atoms in total. The molecule has 0 spiro atoms. The van der Waals surface area contributed by atoms with E-state index in [0.29, 0.717) is 46.0 Å². The Balaban J connectivity index is 0.000000855. The summed E-state index contributed by atoms with van der Waals surface area (Å²) in [5, 5.41) is 14.3. The molecule has 1 aliphatic carbocycles. The van der Waals surface area contributed by atoms with Gasteiger partial charge in [-0.1, -0.05) is 33.1 Å². The number of nitrogens with one attached hydrogen (secondary N) is 4. The van der Waals surface area contributed by atoms with Crippen molar-refractivity contribution in [2.75, 3.05) is 12.4 Å². The smallest absolute Gasteiger partial charge is 0.335 e. The van der Waals surface area contributed by atoms with Gasteiger partial charge in [0.15, 0.2) is 11.5 Å². The van der Waals surface area contributed by atoms with E-state index in [2.05, 4.69) is 40.8 Å². The van der Waals surface area contributed by atoms with Gasteiger partial charge in [-0.15, -0.1) is 0 Å². The number of nitrogens with zero attached hydrogens (tertiary/aromatic N) is 5. The number of hydrogen-bond acceptors (Lipinski definition) is 9. The number of hydrogen-bond donors (Lipinski definition) is 4. The SMILES string of the molecule is CC.CNCc1cc(F)cc(-c2cncc3[nH]c(-c4[nH]nc5ncc(-c6cncc(NC(=O)C7CCCCC7)c6)cc45)nc23)c1.O=C=O. The first-order chi connectivity index (χ1) is 23.5. The van der Waals surface area contributed by atoms with Crippen molar-refractivity contribution in [3.05, 3.63) is 72.7 Å². The third-order valence-electron chi connectivity index (χ3n) is 8.01. The Labute approximate surface area is 276 Å². The number of carbonyl (C=O) groups is 1. The van der Waals surface area contributed by atoms with Gasteiger partial charge in [-0.05, 0) is 61.3 Å². The lowest BCUT2D eigenvalue weighted by molar-refractivity contribution is -0.191. The molecule has 246 valence electrons. The van der Waals surface area contributed by atoms with E-state index >= 15 is 0 Å². The van der Waals surface area contributed by atoms with Crippen molar-refractivity contribution in [2.24, 2.45) is 5.92 Å². The van der Waals surface area contributed by atoms with Crippen LogP contribution in [0.3, 0.4) is 0 Å². The molecule has 0 bridgehead atoms. The predicted octanol–water partition coefficient (Wildman–Crippen LogP) is 6.45. The Hall–Kier alpha value is -5.65. The van der Waals surface area contributed by atoms with E-state index in [-0.39, 0.29) is 23.8 Å². The van der Waals surface area contributed by atoms with Crippen molar-refractivity contribution in [3.63, 3.8) is 0 Å². The van der Waals surface area contributed by atoms with Crippen molar-refractivity contribution >= 4 is 39.8 Å². The van der Waals surface area contributed by atoms with Crippen LogP contribution in [0.1, 0.15) is 51.5 Å². The molecule has 0 aliphatic heterocycles. The van der Waals surface area contributed by atoms with Crippen LogP contribution in [0.5, 0.6) is 0 Å². The largest absolute Gasteiger partial charge is 0.373 e. The Morgan fingerprint density at radius 1 is 0.938 bits per heavy atom. The number of pyridine rings is 3. The van der Waals surface area contributed by atoms with Crippen LogP contribution in [-0.2, 0) is 20.9 Å². The number of rotatable bonds is 7. The second-order valence-corrected chi connectivity index (χ2v) is 11.1. The molecule has 0 saturated heterocycles. The summed E-state index contributed by atoms with van der Waals surface area (Å²) >= 11 is 0. The Bertz CT molecular complexity index is 2060. The molecular weight excluding hydrogens is 613 g/mol. The van der Waals surface area contributed by atoms with E-state index in [1.165, 1.54) is 18.6 Å². The molecule has 7 rings (SSSR count). The van der Waals surface area contributed by atoms with Gasteiger partial charge in [0, 0.05) is 47.7 Å². The van der Waals surface area contributed by atoms with Crippen LogP contribution < -0.4 is 10.6 Å². The predicted molar refractivity (Wildman–Crippen MR) is 180 cm³/mol. The summed E-state index contributed by atoms with van der Waals surface area (Å²) in [5.41, 5.74) is 7.14. The van der Waals surface area contributed by atoms with E-state index in [4.69, 9.17) is 14.6 Å². The standard InChI is InChI=1S/C32H30FN9O.C2H6.CO2/c1-34-12-18-7-20(9-23(33)8-18)26-16-36-17-27-28(26)40-31(39-27)29-25-11-22(14-37-30(25)42-41-29)21-10-24(15-35-13-21)38-32(43)19-5-3-2-4-6-19;1-2;2-1-3/h7-11,13-17,19,34H,2-6,12H2,1H3,(H,38,43)(H,39,40)(H,37,41,42);1-2H3;. The molecule has 0 unspecified atom stereocenters. The van der Waals surface area contributed by atoms with Crippen molar-refractivity contribution in [2.45, 2.75) is 52.5 Å². The zero-order chi connectivity index (χ0) is 34.0. The van der Waals surface area contributed by atoms with Crippen LogP contribution in [0, 0.1) is 11.7 Å². The summed E-state index contributed by atoms with van der Waals surface area (Å²) in [6.07, 6.45) is 14.1. The average Bonchev–Trinajstić information content (AvgIpc) is 3.74. The van der Waals surface area contributed by atoms with Crippen LogP contribution >= 0.6 is 0 Å². The quantitative estimate of drug-likeness (QED) is 0.152. The van der Waals surface area contributed by atoms with Crippen LogP contribution in [-0.4, -0.2) is 54.2 Å². The van der Waals surface area contributed by atoms with Crippen molar-refractivity contribution < 1.29 is 18.8 Å². The molecule has 0 radical (unpaired) electrons. The van der Waals surface area contributed by atoms with E-state index in [0.717, 1.165) is 53.3 Å². The summed E-state index contributed by atoms with van der Waals surface area (Å²) in [5.74, 6) is 0.351. The Morgan fingerprint density at radius 2 is 1.69 bits per heavy atom. The summed E-state index contributed by atoms with van der Waals surface area (Å²) in [6.45, 7) is 4.54. The summed E-state index contributed by atoms with van der Waals surface area (Å²) in [4.78, 5) is 50.6. The molecule has 5 heterocycles. The Morgan fingerprint density at radius 3 is 2.46 bits per heavy atom. The molecule has 4 N–H and O–H groups in total. The molecule has 1 aromatic carbocycles. The number of anilines is 1. The van der Waals surface area contributed by atoms with Crippen LogP contribution in [0.25, 0.3) is 55.8 Å². The minimum absolute atomic E-state index is 0.0552. The number of fused-ring (bicyclic) bond motifs is 2. The molecule has 13 heteroatoms. The molecule has 1 saturated carbocycles. The first-order valence-electron chi connectivity index (χ1n) is 15.9. The van der Waals surface area contributed by atoms with Gasteiger partial charge in [-0.3, -0.25) is 19.9 Å². The number of carbonyl (C=O) groups excluding carboxylic acids is 3. The minimum atomic E-state index is -0.319. The fourth-order valence-corrected chi connectivity index (χ4v) is 5.89. The van der Waals surface area contributed by atoms with E-state index < -0.39 is 0 Å². The number of H-pyrrole nitrogens is 2. The number of halogens is 1. The van der Waals surface area contributed by atoms with E-state index in [1.54, 1.807) is 31.0 Å². The lowest BCUT2D eigenvalue weighted by Crippen LogP contribution is -2.24. The number of benzene rings is 1. The maximum absolute atomic E-state index is 14.5. The van der Waals surface area contributed by atoms with Crippen molar-refractivity contribution in [1.82, 2.24) is 40.4 Å². The molecule has 5 aromatic heterocycles. The molecule has 48 heavy (non-hydrogen) atoms. The van der Waals surface area contributed by atoms with Crippen LogP contribution in [0.2, 0.25) is 0 Å². The zero-order valence-corrected chi connectivity index (χ0v) is 26.9. The maximum atomic E-state index is 14.5. The molecule has 1 amide bonds. The topological polar surface area (TPSA) is 171 Å². The van der Waals surface area contributed by atoms with Gasteiger partial charge in [-0.2, -0.15) is 14.7 Å². The molecule has 1 aliphatic rings.